The standard InChI is InChI=1S/C88H172O17P2/c1-5-9-13-17-21-25-29-33-36-39-41-42-45-48-51-55-59-63-67-71-75-88(93)105-84(79-99-86(91)73-69-65-61-57-53-49-46-44-40-37-34-30-26-22-18-14-10-6-2)81-103-107(96,97)101-77-82(89)76-100-106(94,95)102-80-83(78-98-85(90)72-68-64-60-56-52-32-28-24-20-16-12-8-4)104-87(92)74-70-66-62-58-54-50-47-43-38-35-31-27-23-19-15-11-7-3/h82-84,89H,5-81H2,1-4H3,(H,94,95)(H,96,97)/t82-,83+,84+/m0/s1. The molecule has 0 spiro atoms. The summed E-state index contributed by atoms with van der Waals surface area (Å²) in [6.45, 7) is 5.08. The van der Waals surface area contributed by atoms with Gasteiger partial charge in [-0.3, -0.25) is 37.3 Å². The lowest BCUT2D eigenvalue weighted by molar-refractivity contribution is -0.161. The Balaban J connectivity index is 5.25. The van der Waals surface area contributed by atoms with Crippen LogP contribution in [0.4, 0.5) is 0 Å². The number of esters is 4. The molecule has 0 aliphatic heterocycles. The third kappa shape index (κ3) is 81.9. The molecule has 17 nitrogen and oxygen atoms in total. The summed E-state index contributed by atoms with van der Waals surface area (Å²) in [5.74, 6) is -2.09. The molecule has 107 heavy (non-hydrogen) atoms. The quantitative estimate of drug-likeness (QED) is 0.0222. The topological polar surface area (TPSA) is 237 Å². The molecule has 0 aromatic rings. The molecule has 0 saturated heterocycles. The lowest BCUT2D eigenvalue weighted by atomic mass is 10.0. The van der Waals surface area contributed by atoms with Crippen LogP contribution >= 0.6 is 15.6 Å². The number of ether oxygens (including phenoxy) is 4. The Morgan fingerprint density at radius 2 is 0.374 bits per heavy atom. The Kier molecular flexibility index (Phi) is 80.6. The van der Waals surface area contributed by atoms with E-state index in [1.54, 1.807) is 0 Å². The van der Waals surface area contributed by atoms with Crippen molar-refractivity contribution in [3.05, 3.63) is 0 Å². The minimum absolute atomic E-state index is 0.110. The van der Waals surface area contributed by atoms with Crippen molar-refractivity contribution in [2.24, 2.45) is 0 Å². The Hall–Kier alpha value is -1.94. The van der Waals surface area contributed by atoms with Crippen molar-refractivity contribution in [3.63, 3.8) is 0 Å². The fourth-order valence-electron chi connectivity index (χ4n) is 13.9. The molecule has 0 aliphatic rings. The number of aliphatic hydroxyl groups is 1. The van der Waals surface area contributed by atoms with E-state index in [4.69, 9.17) is 37.0 Å². The lowest BCUT2D eigenvalue weighted by Crippen LogP contribution is -2.30. The van der Waals surface area contributed by atoms with Gasteiger partial charge in [0.2, 0.25) is 0 Å². The zero-order valence-corrected chi connectivity index (χ0v) is 71.9. The Labute approximate surface area is 658 Å². The van der Waals surface area contributed by atoms with Gasteiger partial charge in [-0.25, -0.2) is 9.13 Å². The van der Waals surface area contributed by atoms with Crippen LogP contribution in [-0.4, -0.2) is 96.7 Å². The largest absolute Gasteiger partial charge is 0.472 e. The van der Waals surface area contributed by atoms with Gasteiger partial charge in [-0.2, -0.15) is 0 Å². The van der Waals surface area contributed by atoms with Gasteiger partial charge in [0.15, 0.2) is 12.2 Å². The van der Waals surface area contributed by atoms with Gasteiger partial charge in [-0.05, 0) is 25.7 Å². The fourth-order valence-corrected chi connectivity index (χ4v) is 15.5. The third-order valence-electron chi connectivity index (χ3n) is 20.9. The Bertz CT molecular complexity index is 2020. The van der Waals surface area contributed by atoms with Gasteiger partial charge >= 0.3 is 39.5 Å². The second-order valence-corrected chi connectivity index (χ2v) is 34.5. The molecule has 0 rings (SSSR count). The maximum atomic E-state index is 13.2. The van der Waals surface area contributed by atoms with Gasteiger partial charge in [0.25, 0.3) is 0 Å². The molecule has 636 valence electrons. The Morgan fingerprint density at radius 3 is 0.551 bits per heavy atom. The highest BCUT2D eigenvalue weighted by Gasteiger charge is 2.30. The molecule has 0 aromatic heterocycles. The predicted molar refractivity (Wildman–Crippen MR) is 442 cm³/mol. The number of carbonyl (C=O) groups excluding carboxylic acids is 4. The average Bonchev–Trinajstić information content (AvgIpc) is 0.912. The fraction of sp³-hybridized carbons (Fsp3) is 0.955. The van der Waals surface area contributed by atoms with E-state index >= 15 is 0 Å². The molecule has 0 fully saturated rings. The SMILES string of the molecule is CCCCCCCCCCCCCCCCCCCCCCC(=O)O[C@H](COC(=O)CCCCCCCCCCCCCCCCCCCC)COP(=O)(O)OC[C@@H](O)COP(=O)(O)OC[C@@H](COC(=O)CCCCCCCCCCCCCC)OC(=O)CCCCCCCCCCCCCCCCCCC. The number of aliphatic hydroxyl groups excluding tert-OH is 1. The molecule has 2 unspecified atom stereocenters. The summed E-state index contributed by atoms with van der Waals surface area (Å²) in [7, 11) is -9.93. The molecule has 0 aliphatic carbocycles. The van der Waals surface area contributed by atoms with Crippen LogP contribution < -0.4 is 0 Å². The van der Waals surface area contributed by atoms with Crippen molar-refractivity contribution in [2.45, 2.75) is 502 Å². The van der Waals surface area contributed by atoms with E-state index in [9.17, 15) is 43.2 Å². The molecular formula is C88H172O17P2. The van der Waals surface area contributed by atoms with Gasteiger partial charge in [0.05, 0.1) is 26.4 Å². The van der Waals surface area contributed by atoms with Crippen LogP contribution in [0.15, 0.2) is 0 Å². The van der Waals surface area contributed by atoms with Gasteiger partial charge in [0, 0.05) is 25.7 Å². The number of unbranched alkanes of at least 4 members (excludes halogenated alkanes) is 63. The second kappa shape index (κ2) is 82.1. The first kappa shape index (κ1) is 105. The minimum Gasteiger partial charge on any atom is -0.462 e. The first-order valence-corrected chi connectivity index (χ1v) is 48.8. The van der Waals surface area contributed by atoms with Crippen LogP contribution in [0, 0.1) is 0 Å². The molecule has 0 radical (unpaired) electrons. The zero-order valence-electron chi connectivity index (χ0n) is 70.1. The predicted octanol–water partition coefficient (Wildman–Crippen LogP) is 27.3. The highest BCUT2D eigenvalue weighted by atomic mass is 31.2. The van der Waals surface area contributed by atoms with E-state index in [1.165, 1.54) is 315 Å². The summed E-state index contributed by atoms with van der Waals surface area (Å²) in [5, 5.41) is 10.7. The molecular weight excluding hydrogens is 1390 g/mol. The highest BCUT2D eigenvalue weighted by Crippen LogP contribution is 2.45. The van der Waals surface area contributed by atoms with Crippen molar-refractivity contribution in [2.75, 3.05) is 39.6 Å². The van der Waals surface area contributed by atoms with Crippen molar-refractivity contribution >= 4 is 39.5 Å². The number of carbonyl (C=O) groups is 4. The molecule has 0 saturated carbocycles. The van der Waals surface area contributed by atoms with Crippen LogP contribution in [-0.2, 0) is 65.4 Å². The van der Waals surface area contributed by atoms with Crippen LogP contribution in [0.5, 0.6) is 0 Å². The van der Waals surface area contributed by atoms with E-state index in [0.717, 1.165) is 89.9 Å². The number of hydrogen-bond acceptors (Lipinski definition) is 15. The highest BCUT2D eigenvalue weighted by molar-refractivity contribution is 7.47. The summed E-state index contributed by atoms with van der Waals surface area (Å²) in [4.78, 5) is 73.3. The third-order valence-corrected chi connectivity index (χ3v) is 22.8. The van der Waals surface area contributed by atoms with Crippen LogP contribution in [0.1, 0.15) is 484 Å². The van der Waals surface area contributed by atoms with E-state index in [1.807, 2.05) is 0 Å². The number of hydrogen-bond donors (Lipinski definition) is 3. The summed E-state index contributed by atoms with van der Waals surface area (Å²) >= 11 is 0. The van der Waals surface area contributed by atoms with Crippen molar-refractivity contribution in [1.82, 2.24) is 0 Å². The first-order valence-electron chi connectivity index (χ1n) is 45.8. The van der Waals surface area contributed by atoms with E-state index < -0.39 is 97.5 Å². The summed E-state index contributed by atoms with van der Waals surface area (Å²) in [6, 6.07) is 0. The van der Waals surface area contributed by atoms with Gasteiger partial charge in [-0.15, -0.1) is 0 Å². The maximum absolute atomic E-state index is 13.2. The molecule has 3 N–H and O–H groups in total. The van der Waals surface area contributed by atoms with Crippen LogP contribution in [0.3, 0.4) is 0 Å². The van der Waals surface area contributed by atoms with Crippen molar-refractivity contribution in [1.29, 1.82) is 0 Å². The zero-order chi connectivity index (χ0) is 78.1. The molecule has 0 amide bonds. The Morgan fingerprint density at radius 1 is 0.224 bits per heavy atom. The number of rotatable bonds is 89. The first-order chi connectivity index (χ1) is 52.2. The maximum Gasteiger partial charge on any atom is 0.472 e. The second-order valence-electron chi connectivity index (χ2n) is 31.6. The van der Waals surface area contributed by atoms with Crippen LogP contribution in [0.25, 0.3) is 0 Å². The molecule has 19 heteroatoms. The summed E-state index contributed by atoms with van der Waals surface area (Å²) in [5.41, 5.74) is 0. The van der Waals surface area contributed by atoms with Crippen molar-refractivity contribution in [3.8, 4) is 0 Å². The molecule has 0 heterocycles. The normalized spacial score (nSPS) is 13.7. The van der Waals surface area contributed by atoms with Gasteiger partial charge < -0.3 is 33.8 Å². The monoisotopic (exact) mass is 1560 g/mol. The van der Waals surface area contributed by atoms with E-state index in [2.05, 4.69) is 27.7 Å². The van der Waals surface area contributed by atoms with Crippen LogP contribution in [0.2, 0.25) is 0 Å². The average molecular weight is 1560 g/mol. The lowest BCUT2D eigenvalue weighted by Gasteiger charge is -2.21. The molecule has 0 aromatic carbocycles. The summed E-state index contributed by atoms with van der Waals surface area (Å²) < 4.78 is 69.0. The van der Waals surface area contributed by atoms with Gasteiger partial charge in [0.1, 0.15) is 19.3 Å². The van der Waals surface area contributed by atoms with Gasteiger partial charge in [-0.1, -0.05) is 432 Å². The number of phosphoric ester groups is 2. The van der Waals surface area contributed by atoms with Crippen molar-refractivity contribution < 1.29 is 80.2 Å². The molecule has 5 atom stereocenters. The smallest absolute Gasteiger partial charge is 0.462 e. The van der Waals surface area contributed by atoms with E-state index in [0.29, 0.717) is 25.7 Å². The minimum atomic E-state index is -4.97. The van der Waals surface area contributed by atoms with E-state index in [-0.39, 0.29) is 25.7 Å². The number of phosphoric acid groups is 2. The summed E-state index contributed by atoms with van der Waals surface area (Å²) in [6.07, 6.45) is 77.7. The molecule has 0 bridgehead atoms.